The lowest BCUT2D eigenvalue weighted by Gasteiger charge is -2.47. The van der Waals surface area contributed by atoms with E-state index >= 15 is 0 Å². The van der Waals surface area contributed by atoms with Crippen LogP contribution in [0, 0.1) is 11.6 Å². The van der Waals surface area contributed by atoms with Gasteiger partial charge in [-0.2, -0.15) is 0 Å². The second kappa shape index (κ2) is 10.4. The van der Waals surface area contributed by atoms with Crippen molar-refractivity contribution in [2.75, 3.05) is 19.7 Å². The van der Waals surface area contributed by atoms with Crippen molar-refractivity contribution in [2.45, 2.75) is 57.7 Å². The van der Waals surface area contributed by atoms with Crippen molar-refractivity contribution < 1.29 is 37.4 Å². The first-order valence-electron chi connectivity index (χ1n) is 12.3. The maximum absolute atomic E-state index is 15.0. The molecule has 2 fully saturated rings. The highest BCUT2D eigenvalue weighted by atomic mass is 35.5. The monoisotopic (exact) mass is 550 g/mol. The molecule has 2 heterocycles. The standard InChI is InChI=1S/C27H29ClF2N2O6/c1-5-36-24(34)27-11-10-18(14-31(15-27)25(35)38-26(2,3)4)32(27)23(33)16-12-20(29)22(21(30)13-16)37-19-8-6-17(28)7-9-19/h6-9,12-13,18H,5,10-11,14-15H2,1-4H3. The molecule has 0 radical (unpaired) electrons. The van der Waals surface area contributed by atoms with E-state index in [1.165, 1.54) is 34.1 Å². The van der Waals surface area contributed by atoms with Crippen LogP contribution >= 0.6 is 11.6 Å². The van der Waals surface area contributed by atoms with E-state index in [9.17, 15) is 23.2 Å². The van der Waals surface area contributed by atoms with E-state index in [1.807, 2.05) is 0 Å². The van der Waals surface area contributed by atoms with Crippen LogP contribution in [0.1, 0.15) is 50.9 Å². The van der Waals surface area contributed by atoms with Crippen molar-refractivity contribution in [3.63, 3.8) is 0 Å². The van der Waals surface area contributed by atoms with Gasteiger partial charge in [0.2, 0.25) is 0 Å². The van der Waals surface area contributed by atoms with Crippen molar-refractivity contribution in [1.82, 2.24) is 9.80 Å². The van der Waals surface area contributed by atoms with Crippen molar-refractivity contribution in [2.24, 2.45) is 0 Å². The van der Waals surface area contributed by atoms with Crippen LogP contribution in [0.3, 0.4) is 0 Å². The fourth-order valence-electron chi connectivity index (χ4n) is 4.86. The average Bonchev–Trinajstić information content (AvgIpc) is 3.07. The molecule has 0 N–H and O–H groups in total. The van der Waals surface area contributed by atoms with Crippen LogP contribution in [0.15, 0.2) is 36.4 Å². The second-order valence-corrected chi connectivity index (χ2v) is 10.7. The number of benzene rings is 2. The van der Waals surface area contributed by atoms with Crippen molar-refractivity contribution in [3.8, 4) is 11.5 Å². The summed E-state index contributed by atoms with van der Waals surface area (Å²) in [5.74, 6) is -4.14. The number of fused-ring (bicyclic) bond motifs is 2. The summed E-state index contributed by atoms with van der Waals surface area (Å²) in [5, 5.41) is 0.427. The summed E-state index contributed by atoms with van der Waals surface area (Å²) in [5.41, 5.74) is -2.57. The van der Waals surface area contributed by atoms with Gasteiger partial charge in [-0.3, -0.25) is 4.79 Å². The summed E-state index contributed by atoms with van der Waals surface area (Å²) in [6.45, 7) is 6.80. The smallest absolute Gasteiger partial charge is 0.410 e. The Morgan fingerprint density at radius 2 is 1.74 bits per heavy atom. The van der Waals surface area contributed by atoms with Crippen LogP contribution in [-0.2, 0) is 14.3 Å². The molecule has 0 aliphatic carbocycles. The quantitative estimate of drug-likeness (QED) is 0.453. The SMILES string of the molecule is CCOC(=O)C12CCC(CN(C(=O)OC(C)(C)C)C1)N2C(=O)c1cc(F)c(Oc2ccc(Cl)cc2)c(F)c1. The van der Waals surface area contributed by atoms with E-state index < -0.39 is 52.5 Å². The van der Waals surface area contributed by atoms with Crippen LogP contribution in [0.2, 0.25) is 5.02 Å². The van der Waals surface area contributed by atoms with Gasteiger partial charge in [-0.05, 0) is 76.9 Å². The van der Waals surface area contributed by atoms with Crippen molar-refractivity contribution in [3.05, 3.63) is 58.6 Å². The number of hydrogen-bond donors (Lipinski definition) is 0. The number of carbonyl (C=O) groups excluding carboxylic acids is 3. The van der Waals surface area contributed by atoms with Crippen molar-refractivity contribution >= 4 is 29.6 Å². The summed E-state index contributed by atoms with van der Waals surface area (Å²) in [7, 11) is 0. The number of amides is 2. The minimum atomic E-state index is -1.52. The minimum absolute atomic E-state index is 0.0553. The Kier molecular flexibility index (Phi) is 7.56. The lowest BCUT2D eigenvalue weighted by atomic mass is 9.93. The molecule has 0 saturated carbocycles. The van der Waals surface area contributed by atoms with E-state index in [1.54, 1.807) is 27.7 Å². The molecule has 204 valence electrons. The third-order valence-corrected chi connectivity index (χ3v) is 6.66. The molecule has 2 aromatic carbocycles. The van der Waals surface area contributed by atoms with E-state index in [-0.39, 0.29) is 37.4 Å². The average molecular weight is 551 g/mol. The molecule has 8 nitrogen and oxygen atoms in total. The summed E-state index contributed by atoms with van der Waals surface area (Å²) < 4.78 is 46.1. The number of ether oxygens (including phenoxy) is 3. The molecule has 4 rings (SSSR count). The minimum Gasteiger partial charge on any atom is -0.464 e. The zero-order chi connectivity index (χ0) is 27.8. The van der Waals surface area contributed by atoms with Gasteiger partial charge in [0.1, 0.15) is 11.4 Å². The Balaban J connectivity index is 1.64. The van der Waals surface area contributed by atoms with E-state index in [4.69, 9.17) is 25.8 Å². The van der Waals surface area contributed by atoms with Gasteiger partial charge in [0.25, 0.3) is 5.91 Å². The largest absolute Gasteiger partial charge is 0.464 e. The molecule has 2 aliphatic heterocycles. The third-order valence-electron chi connectivity index (χ3n) is 6.41. The Morgan fingerprint density at radius 1 is 1.11 bits per heavy atom. The Morgan fingerprint density at radius 3 is 2.32 bits per heavy atom. The first-order valence-corrected chi connectivity index (χ1v) is 12.6. The predicted octanol–water partition coefficient (Wildman–Crippen LogP) is 5.57. The molecule has 0 aromatic heterocycles. The van der Waals surface area contributed by atoms with Gasteiger partial charge in [-0.15, -0.1) is 0 Å². The number of halogens is 3. The first-order chi connectivity index (χ1) is 17.8. The molecule has 2 aromatic rings. The van der Waals surface area contributed by atoms with Gasteiger partial charge in [-0.25, -0.2) is 18.4 Å². The lowest BCUT2D eigenvalue weighted by molar-refractivity contribution is -0.158. The van der Waals surface area contributed by atoms with Crippen LogP contribution in [0.5, 0.6) is 11.5 Å². The van der Waals surface area contributed by atoms with Crippen molar-refractivity contribution in [1.29, 1.82) is 0 Å². The maximum Gasteiger partial charge on any atom is 0.410 e. The van der Waals surface area contributed by atoms with Crippen LogP contribution < -0.4 is 4.74 Å². The Hall–Kier alpha value is -3.40. The fourth-order valence-corrected chi connectivity index (χ4v) is 4.99. The fraction of sp³-hybridized carbons (Fsp3) is 0.444. The van der Waals surface area contributed by atoms with E-state index in [0.717, 1.165) is 12.1 Å². The van der Waals surface area contributed by atoms with Gasteiger partial charge in [0.05, 0.1) is 19.2 Å². The summed E-state index contributed by atoms with van der Waals surface area (Å²) in [4.78, 5) is 42.4. The number of nitrogens with zero attached hydrogens (tertiary/aromatic N) is 2. The molecule has 0 spiro atoms. The second-order valence-electron chi connectivity index (χ2n) is 10.3. The molecule has 2 unspecified atom stereocenters. The summed E-state index contributed by atoms with van der Waals surface area (Å²) in [6.07, 6.45) is 0.00239. The summed E-state index contributed by atoms with van der Waals surface area (Å²) in [6, 6.07) is 7.07. The first kappa shape index (κ1) is 27.6. The Bertz CT molecular complexity index is 1230. The zero-order valence-electron chi connectivity index (χ0n) is 21.6. The highest BCUT2D eigenvalue weighted by Crippen LogP contribution is 2.42. The molecular formula is C27H29ClF2N2O6. The molecule has 2 saturated heterocycles. The molecule has 11 heteroatoms. The topological polar surface area (TPSA) is 85.4 Å². The van der Waals surface area contributed by atoms with Gasteiger partial charge >= 0.3 is 12.1 Å². The van der Waals surface area contributed by atoms with Crippen LogP contribution in [-0.4, -0.2) is 64.6 Å². The number of carbonyl (C=O) groups is 3. The van der Waals surface area contributed by atoms with E-state index in [2.05, 4.69) is 0 Å². The third kappa shape index (κ3) is 5.41. The molecule has 2 amide bonds. The Labute approximate surface area is 224 Å². The van der Waals surface area contributed by atoms with Gasteiger partial charge < -0.3 is 24.0 Å². The lowest BCUT2D eigenvalue weighted by Crippen LogP contribution is -2.68. The molecule has 38 heavy (non-hydrogen) atoms. The number of rotatable bonds is 5. The van der Waals surface area contributed by atoms with Crippen LogP contribution in [0.4, 0.5) is 13.6 Å². The summed E-state index contributed by atoms with van der Waals surface area (Å²) >= 11 is 5.84. The predicted molar refractivity (Wildman–Crippen MR) is 134 cm³/mol. The van der Waals surface area contributed by atoms with Gasteiger partial charge in [0, 0.05) is 17.1 Å². The highest BCUT2D eigenvalue weighted by Gasteiger charge is 2.60. The number of hydrogen-bond acceptors (Lipinski definition) is 6. The van der Waals surface area contributed by atoms with Crippen LogP contribution in [0.25, 0.3) is 0 Å². The normalized spacial score (nSPS) is 20.8. The molecule has 2 aliphatic rings. The number of esters is 1. The number of likely N-dealkylation sites (tertiary alicyclic amines) is 1. The molecule has 2 bridgehead atoms. The zero-order valence-corrected chi connectivity index (χ0v) is 22.3. The number of piperazine rings is 1. The maximum atomic E-state index is 15.0. The van der Waals surface area contributed by atoms with E-state index in [0.29, 0.717) is 11.4 Å². The molecular weight excluding hydrogens is 522 g/mol. The van der Waals surface area contributed by atoms with Gasteiger partial charge in [0.15, 0.2) is 22.9 Å². The van der Waals surface area contributed by atoms with Gasteiger partial charge in [-0.1, -0.05) is 11.6 Å². The highest BCUT2D eigenvalue weighted by molar-refractivity contribution is 6.30. The molecule has 2 atom stereocenters.